The third-order valence-electron chi connectivity index (χ3n) is 2.53. The lowest BCUT2D eigenvalue weighted by Gasteiger charge is -2.13. The normalized spacial score (nSPS) is 13.5. The van der Waals surface area contributed by atoms with Crippen molar-refractivity contribution in [3.63, 3.8) is 0 Å². The minimum atomic E-state index is -0.508. The zero-order chi connectivity index (χ0) is 12.7. The number of hydrogen-bond donors (Lipinski definition) is 2. The van der Waals surface area contributed by atoms with Gasteiger partial charge in [-0.2, -0.15) is 0 Å². The highest BCUT2D eigenvalue weighted by Gasteiger charge is 2.14. The van der Waals surface area contributed by atoms with Crippen LogP contribution in [0.4, 0.5) is 0 Å². The first-order chi connectivity index (χ1) is 8.13. The van der Waals surface area contributed by atoms with Gasteiger partial charge in [0.25, 0.3) is 0 Å². The topological polar surface area (TPSA) is 55.1 Å². The SMILES string of the molecule is C#CC(C)NC(=O)C(N)CCc1ccccc1. The number of amides is 1. The van der Waals surface area contributed by atoms with Crippen molar-refractivity contribution in [2.75, 3.05) is 0 Å². The maximum Gasteiger partial charge on any atom is 0.237 e. The van der Waals surface area contributed by atoms with Gasteiger partial charge >= 0.3 is 0 Å². The molecule has 3 heteroatoms. The van der Waals surface area contributed by atoms with Gasteiger partial charge in [0.05, 0.1) is 12.1 Å². The fourth-order valence-corrected chi connectivity index (χ4v) is 1.46. The molecule has 1 aromatic carbocycles. The summed E-state index contributed by atoms with van der Waals surface area (Å²) in [6, 6.07) is 9.17. The zero-order valence-electron chi connectivity index (χ0n) is 10.0. The summed E-state index contributed by atoms with van der Waals surface area (Å²) in [6.45, 7) is 1.75. The lowest BCUT2D eigenvalue weighted by Crippen LogP contribution is -2.44. The molecule has 2 atom stereocenters. The van der Waals surface area contributed by atoms with Crippen LogP contribution < -0.4 is 11.1 Å². The van der Waals surface area contributed by atoms with Gasteiger partial charge in [0.1, 0.15) is 0 Å². The Hall–Kier alpha value is -1.79. The highest BCUT2D eigenvalue weighted by Crippen LogP contribution is 2.04. The predicted octanol–water partition coefficient (Wildman–Crippen LogP) is 1.08. The second-order valence-electron chi connectivity index (χ2n) is 4.03. The molecule has 1 amide bonds. The molecule has 17 heavy (non-hydrogen) atoms. The molecule has 0 bridgehead atoms. The summed E-state index contributed by atoms with van der Waals surface area (Å²) in [5.74, 6) is 2.25. The summed E-state index contributed by atoms with van der Waals surface area (Å²) in [5, 5.41) is 2.67. The highest BCUT2D eigenvalue weighted by atomic mass is 16.2. The van der Waals surface area contributed by atoms with E-state index in [0.717, 1.165) is 6.42 Å². The van der Waals surface area contributed by atoms with Crippen molar-refractivity contribution in [3.05, 3.63) is 35.9 Å². The van der Waals surface area contributed by atoms with Crippen LogP contribution in [-0.4, -0.2) is 18.0 Å². The standard InChI is InChI=1S/C14H18N2O/c1-3-11(2)16-14(17)13(15)10-9-12-7-5-4-6-8-12/h1,4-8,11,13H,9-10,15H2,2H3,(H,16,17). The lowest BCUT2D eigenvalue weighted by molar-refractivity contribution is -0.122. The molecular weight excluding hydrogens is 212 g/mol. The average molecular weight is 230 g/mol. The second-order valence-corrected chi connectivity index (χ2v) is 4.03. The van der Waals surface area contributed by atoms with E-state index in [-0.39, 0.29) is 11.9 Å². The molecule has 0 aliphatic carbocycles. The van der Waals surface area contributed by atoms with Crippen LogP contribution in [0.15, 0.2) is 30.3 Å². The number of carbonyl (C=O) groups is 1. The van der Waals surface area contributed by atoms with Crippen molar-refractivity contribution in [1.29, 1.82) is 0 Å². The molecule has 3 nitrogen and oxygen atoms in total. The quantitative estimate of drug-likeness (QED) is 0.744. The molecule has 0 saturated heterocycles. The van der Waals surface area contributed by atoms with Gasteiger partial charge in [0.15, 0.2) is 0 Å². The molecule has 1 aromatic rings. The number of benzene rings is 1. The van der Waals surface area contributed by atoms with E-state index in [1.54, 1.807) is 6.92 Å². The molecule has 0 heterocycles. The lowest BCUT2D eigenvalue weighted by atomic mass is 10.1. The van der Waals surface area contributed by atoms with Crippen molar-refractivity contribution in [1.82, 2.24) is 5.32 Å². The van der Waals surface area contributed by atoms with Crippen LogP contribution in [0.3, 0.4) is 0 Å². The maximum atomic E-state index is 11.6. The molecule has 0 fully saturated rings. The van der Waals surface area contributed by atoms with E-state index in [1.165, 1.54) is 5.56 Å². The Morgan fingerprint density at radius 2 is 2.12 bits per heavy atom. The molecule has 0 aromatic heterocycles. The first-order valence-electron chi connectivity index (χ1n) is 5.69. The van der Waals surface area contributed by atoms with E-state index in [0.29, 0.717) is 6.42 Å². The van der Waals surface area contributed by atoms with Crippen LogP contribution in [0.2, 0.25) is 0 Å². The first-order valence-corrected chi connectivity index (χ1v) is 5.69. The number of aryl methyl sites for hydroxylation is 1. The molecule has 90 valence electrons. The van der Waals surface area contributed by atoms with Gasteiger partial charge in [0, 0.05) is 0 Å². The fraction of sp³-hybridized carbons (Fsp3) is 0.357. The van der Waals surface area contributed by atoms with E-state index >= 15 is 0 Å². The summed E-state index contributed by atoms with van der Waals surface area (Å²) in [4.78, 5) is 11.6. The van der Waals surface area contributed by atoms with Crippen molar-refractivity contribution < 1.29 is 4.79 Å². The first kappa shape index (κ1) is 13.3. The Balaban J connectivity index is 2.37. The van der Waals surface area contributed by atoms with Gasteiger partial charge < -0.3 is 11.1 Å². The smallest absolute Gasteiger partial charge is 0.237 e. The summed E-state index contributed by atoms with van der Waals surface area (Å²) in [5.41, 5.74) is 6.97. The number of rotatable bonds is 5. The predicted molar refractivity (Wildman–Crippen MR) is 69.2 cm³/mol. The molecule has 0 aliphatic rings. The van der Waals surface area contributed by atoms with E-state index < -0.39 is 6.04 Å². The summed E-state index contributed by atoms with van der Waals surface area (Å²) < 4.78 is 0. The van der Waals surface area contributed by atoms with E-state index in [4.69, 9.17) is 12.2 Å². The van der Waals surface area contributed by atoms with Gasteiger partial charge in [-0.3, -0.25) is 4.79 Å². The van der Waals surface area contributed by atoms with Gasteiger partial charge in [0.2, 0.25) is 5.91 Å². The average Bonchev–Trinajstić information content (AvgIpc) is 2.36. The fourth-order valence-electron chi connectivity index (χ4n) is 1.46. The Bertz CT molecular complexity index is 394. The highest BCUT2D eigenvalue weighted by molar-refractivity contribution is 5.82. The molecule has 0 saturated carbocycles. The number of terminal acetylenes is 1. The summed E-state index contributed by atoms with van der Waals surface area (Å²) in [6.07, 6.45) is 6.59. The zero-order valence-corrected chi connectivity index (χ0v) is 10.0. The van der Waals surface area contributed by atoms with Crippen LogP contribution in [-0.2, 0) is 11.2 Å². The number of carbonyl (C=O) groups excluding carboxylic acids is 1. The van der Waals surface area contributed by atoms with Crippen LogP contribution in [0.5, 0.6) is 0 Å². The van der Waals surface area contributed by atoms with Gasteiger partial charge in [-0.25, -0.2) is 0 Å². The minimum absolute atomic E-state index is 0.189. The van der Waals surface area contributed by atoms with E-state index in [1.807, 2.05) is 30.3 Å². The largest absolute Gasteiger partial charge is 0.341 e. The van der Waals surface area contributed by atoms with Crippen molar-refractivity contribution in [2.24, 2.45) is 5.73 Å². The third-order valence-corrected chi connectivity index (χ3v) is 2.53. The molecule has 0 spiro atoms. The molecule has 2 unspecified atom stereocenters. The van der Waals surface area contributed by atoms with Gasteiger partial charge in [-0.15, -0.1) is 6.42 Å². The molecular formula is C14H18N2O. The number of nitrogens with one attached hydrogen (secondary N) is 1. The van der Waals surface area contributed by atoms with E-state index in [2.05, 4.69) is 11.2 Å². The molecule has 0 aliphatic heterocycles. The molecule has 3 N–H and O–H groups in total. The second kappa shape index (κ2) is 6.72. The van der Waals surface area contributed by atoms with Crippen molar-refractivity contribution >= 4 is 5.91 Å². The third kappa shape index (κ3) is 4.71. The molecule has 1 rings (SSSR count). The van der Waals surface area contributed by atoms with Crippen LogP contribution in [0.25, 0.3) is 0 Å². The van der Waals surface area contributed by atoms with Crippen LogP contribution in [0.1, 0.15) is 18.9 Å². The summed E-state index contributed by atoms with van der Waals surface area (Å²) >= 11 is 0. The minimum Gasteiger partial charge on any atom is -0.341 e. The Morgan fingerprint density at radius 3 is 2.71 bits per heavy atom. The molecule has 0 radical (unpaired) electrons. The van der Waals surface area contributed by atoms with Gasteiger partial charge in [-0.05, 0) is 25.3 Å². The number of nitrogens with two attached hydrogens (primary N) is 1. The van der Waals surface area contributed by atoms with Crippen LogP contribution >= 0.6 is 0 Å². The maximum absolute atomic E-state index is 11.6. The van der Waals surface area contributed by atoms with Crippen molar-refractivity contribution in [2.45, 2.75) is 31.8 Å². The Labute approximate surface area is 102 Å². The Morgan fingerprint density at radius 1 is 1.47 bits per heavy atom. The van der Waals surface area contributed by atoms with Crippen molar-refractivity contribution in [3.8, 4) is 12.3 Å². The number of hydrogen-bond acceptors (Lipinski definition) is 2. The monoisotopic (exact) mass is 230 g/mol. The summed E-state index contributed by atoms with van der Waals surface area (Å²) in [7, 11) is 0. The van der Waals surface area contributed by atoms with E-state index in [9.17, 15) is 4.79 Å². The van der Waals surface area contributed by atoms with Crippen LogP contribution in [0, 0.1) is 12.3 Å². The van der Waals surface area contributed by atoms with Gasteiger partial charge in [-0.1, -0.05) is 36.3 Å². The Kier molecular flexibility index (Phi) is 5.25.